The second-order valence-electron chi connectivity index (χ2n) is 7.63. The molecule has 1 fully saturated rings. The van der Waals surface area contributed by atoms with E-state index in [2.05, 4.69) is 9.71 Å². The number of sulfonamides is 1. The first-order valence-electron chi connectivity index (χ1n) is 9.70. The minimum Gasteiger partial charge on any atom is -0.378 e. The monoisotopic (exact) mass is 490 g/mol. The Morgan fingerprint density at radius 1 is 1.19 bits per heavy atom. The molecule has 0 unspecified atom stereocenters. The number of likely N-dealkylation sites (tertiary alicyclic amines) is 1. The molecule has 1 aromatic heterocycles. The zero-order valence-corrected chi connectivity index (χ0v) is 18.9. The van der Waals surface area contributed by atoms with Gasteiger partial charge in [0.2, 0.25) is 10.0 Å². The molecule has 1 N–H and O–H groups in total. The van der Waals surface area contributed by atoms with Crippen molar-refractivity contribution < 1.29 is 26.4 Å². The molecule has 1 amide bonds. The Morgan fingerprint density at radius 3 is 2.38 bits per heavy atom. The molecule has 1 aliphatic heterocycles. The molecule has 0 atom stereocenters. The fraction of sp³-hybridized carbons (Fsp3) is 0.400. The Labute approximate surface area is 189 Å². The van der Waals surface area contributed by atoms with Gasteiger partial charge in [0.15, 0.2) is 0 Å². The molecule has 12 heteroatoms. The van der Waals surface area contributed by atoms with E-state index in [-0.39, 0.29) is 42.7 Å². The van der Waals surface area contributed by atoms with Crippen LogP contribution in [0.4, 0.5) is 18.9 Å². The molecule has 1 aromatic carbocycles. The standard InChI is InChI=1S/C20H22ClF3N4O3S/c1-27(2)15-4-5-17(16(11-15)20(22,23)24)32(30,31)26-14-7-9-28(10-8-14)19(29)13-3-6-18(21)25-12-13/h3-6,11-12,14,26H,7-10H2,1-2H3. The minimum atomic E-state index is -4.83. The topological polar surface area (TPSA) is 82.6 Å². The number of piperidine rings is 1. The van der Waals surface area contributed by atoms with Crippen molar-refractivity contribution in [2.45, 2.75) is 30.0 Å². The summed E-state index contributed by atoms with van der Waals surface area (Å²) in [6.45, 7) is 0.501. The number of hydrogen-bond acceptors (Lipinski definition) is 5. The van der Waals surface area contributed by atoms with Gasteiger partial charge in [-0.05, 0) is 43.2 Å². The van der Waals surface area contributed by atoms with Gasteiger partial charge in [-0.15, -0.1) is 0 Å². The smallest absolute Gasteiger partial charge is 0.378 e. The molecular formula is C20H22ClF3N4O3S. The van der Waals surface area contributed by atoms with Crippen LogP contribution in [0, 0.1) is 0 Å². The van der Waals surface area contributed by atoms with E-state index < -0.39 is 32.7 Å². The molecule has 2 aromatic rings. The minimum absolute atomic E-state index is 0.236. The summed E-state index contributed by atoms with van der Waals surface area (Å²) >= 11 is 5.72. The number of aromatic nitrogens is 1. The number of alkyl halides is 3. The lowest BCUT2D eigenvalue weighted by molar-refractivity contribution is -0.139. The molecule has 1 saturated heterocycles. The van der Waals surface area contributed by atoms with Crippen molar-refractivity contribution in [1.82, 2.24) is 14.6 Å². The van der Waals surface area contributed by atoms with Crippen LogP contribution in [0.15, 0.2) is 41.4 Å². The highest BCUT2D eigenvalue weighted by Crippen LogP contribution is 2.36. The third kappa shape index (κ3) is 5.51. The van der Waals surface area contributed by atoms with Crippen molar-refractivity contribution in [3.63, 3.8) is 0 Å². The third-order valence-electron chi connectivity index (χ3n) is 5.15. The molecule has 174 valence electrons. The molecule has 0 aliphatic carbocycles. The molecule has 0 saturated carbocycles. The zero-order chi connectivity index (χ0) is 23.7. The number of nitrogens with one attached hydrogen (secondary N) is 1. The van der Waals surface area contributed by atoms with Crippen molar-refractivity contribution in [1.29, 1.82) is 0 Å². The van der Waals surface area contributed by atoms with Gasteiger partial charge in [-0.1, -0.05) is 11.6 Å². The van der Waals surface area contributed by atoms with Gasteiger partial charge in [-0.2, -0.15) is 13.2 Å². The van der Waals surface area contributed by atoms with E-state index in [0.29, 0.717) is 5.56 Å². The lowest BCUT2D eigenvalue weighted by Gasteiger charge is -2.32. The molecule has 0 spiro atoms. The lowest BCUT2D eigenvalue weighted by Crippen LogP contribution is -2.46. The van der Waals surface area contributed by atoms with Gasteiger partial charge in [-0.25, -0.2) is 18.1 Å². The van der Waals surface area contributed by atoms with Crippen LogP contribution in [0.1, 0.15) is 28.8 Å². The number of halogens is 4. The van der Waals surface area contributed by atoms with E-state index in [1.807, 2.05) is 0 Å². The van der Waals surface area contributed by atoms with E-state index in [1.165, 1.54) is 23.2 Å². The number of amides is 1. The number of anilines is 1. The van der Waals surface area contributed by atoms with E-state index >= 15 is 0 Å². The number of benzene rings is 1. The van der Waals surface area contributed by atoms with Crippen LogP contribution in [0.25, 0.3) is 0 Å². The summed E-state index contributed by atoms with van der Waals surface area (Å²) in [6.07, 6.45) is -2.94. The van der Waals surface area contributed by atoms with E-state index in [0.717, 1.165) is 12.1 Å². The zero-order valence-electron chi connectivity index (χ0n) is 17.4. The normalized spacial score (nSPS) is 15.6. The Hall–Kier alpha value is -2.37. The van der Waals surface area contributed by atoms with Gasteiger partial charge in [0.25, 0.3) is 5.91 Å². The van der Waals surface area contributed by atoms with Crippen LogP contribution < -0.4 is 9.62 Å². The van der Waals surface area contributed by atoms with Crippen LogP contribution in [-0.2, 0) is 16.2 Å². The number of pyridine rings is 1. The second-order valence-corrected chi connectivity index (χ2v) is 9.70. The van der Waals surface area contributed by atoms with E-state index in [9.17, 15) is 26.4 Å². The molecule has 1 aliphatic rings. The summed E-state index contributed by atoms with van der Waals surface area (Å²) in [5, 5.41) is 0.256. The molecule has 0 bridgehead atoms. The molecule has 2 heterocycles. The Bertz CT molecular complexity index is 1080. The quantitative estimate of drug-likeness (QED) is 0.650. The van der Waals surface area contributed by atoms with Gasteiger partial charge < -0.3 is 9.80 Å². The highest BCUT2D eigenvalue weighted by atomic mass is 35.5. The van der Waals surface area contributed by atoms with Crippen LogP contribution in [0.5, 0.6) is 0 Å². The predicted octanol–water partition coefficient (Wildman–Crippen LogP) is 3.40. The summed E-state index contributed by atoms with van der Waals surface area (Å²) in [5.41, 5.74) is -0.636. The highest BCUT2D eigenvalue weighted by molar-refractivity contribution is 7.89. The van der Waals surface area contributed by atoms with Crippen molar-refractivity contribution in [3.05, 3.63) is 52.8 Å². The first kappa shape index (κ1) is 24.3. The fourth-order valence-electron chi connectivity index (χ4n) is 3.42. The van der Waals surface area contributed by atoms with Crippen molar-refractivity contribution >= 4 is 33.2 Å². The summed E-state index contributed by atoms with van der Waals surface area (Å²) in [6, 6.07) is 5.55. The van der Waals surface area contributed by atoms with E-state index in [4.69, 9.17) is 11.6 Å². The number of nitrogens with zero attached hydrogens (tertiary/aromatic N) is 3. The maximum Gasteiger partial charge on any atom is 0.417 e. The van der Waals surface area contributed by atoms with E-state index in [1.54, 1.807) is 25.1 Å². The number of carbonyl (C=O) groups excluding carboxylic acids is 1. The average Bonchev–Trinajstić information content (AvgIpc) is 2.73. The summed E-state index contributed by atoms with van der Waals surface area (Å²) in [7, 11) is -1.29. The van der Waals surface area contributed by atoms with Gasteiger partial charge in [0.05, 0.1) is 16.0 Å². The first-order chi connectivity index (χ1) is 14.9. The van der Waals surface area contributed by atoms with Crippen LogP contribution >= 0.6 is 11.6 Å². The molecule has 0 radical (unpaired) electrons. The SMILES string of the molecule is CN(C)c1ccc(S(=O)(=O)NC2CCN(C(=O)c3ccc(Cl)nc3)CC2)c(C(F)(F)F)c1. The number of hydrogen-bond donors (Lipinski definition) is 1. The van der Waals surface area contributed by atoms with Gasteiger partial charge in [0, 0.05) is 45.1 Å². The first-order valence-corrected chi connectivity index (χ1v) is 11.6. The third-order valence-corrected chi connectivity index (χ3v) is 6.96. The lowest BCUT2D eigenvalue weighted by atomic mass is 10.1. The summed E-state index contributed by atoms with van der Waals surface area (Å²) < 4.78 is 68.6. The maximum atomic E-state index is 13.6. The highest BCUT2D eigenvalue weighted by Gasteiger charge is 2.38. The van der Waals surface area contributed by atoms with Crippen LogP contribution in [0.3, 0.4) is 0 Å². The van der Waals surface area contributed by atoms with Crippen molar-refractivity contribution in [3.8, 4) is 0 Å². The fourth-order valence-corrected chi connectivity index (χ4v) is 5.04. The maximum absolute atomic E-state index is 13.6. The Kier molecular flexibility index (Phi) is 7.01. The molecule has 7 nitrogen and oxygen atoms in total. The van der Waals surface area contributed by atoms with Crippen LogP contribution in [-0.4, -0.2) is 57.4 Å². The summed E-state index contributed by atoms with van der Waals surface area (Å²) in [5.74, 6) is -0.269. The largest absolute Gasteiger partial charge is 0.417 e. The average molecular weight is 491 g/mol. The Morgan fingerprint density at radius 2 is 1.84 bits per heavy atom. The number of carbonyl (C=O) groups is 1. The predicted molar refractivity (Wildman–Crippen MR) is 114 cm³/mol. The Balaban J connectivity index is 1.72. The molecule has 3 rings (SSSR count). The second kappa shape index (κ2) is 9.24. The van der Waals surface area contributed by atoms with Gasteiger partial charge in [-0.3, -0.25) is 4.79 Å². The molecule has 32 heavy (non-hydrogen) atoms. The molecular weight excluding hydrogens is 469 g/mol. The van der Waals surface area contributed by atoms with Crippen LogP contribution in [0.2, 0.25) is 5.15 Å². The summed E-state index contributed by atoms with van der Waals surface area (Å²) in [4.78, 5) is 18.6. The number of rotatable bonds is 5. The van der Waals surface area contributed by atoms with Gasteiger partial charge >= 0.3 is 6.18 Å². The van der Waals surface area contributed by atoms with Crippen molar-refractivity contribution in [2.24, 2.45) is 0 Å². The van der Waals surface area contributed by atoms with Gasteiger partial charge in [0.1, 0.15) is 5.15 Å². The van der Waals surface area contributed by atoms with Crippen molar-refractivity contribution in [2.75, 3.05) is 32.1 Å².